The zero-order chi connectivity index (χ0) is 74.4. The second-order valence-corrected chi connectivity index (χ2v) is 30.9. The zero-order valence-electron chi connectivity index (χ0n) is 61.0. The molecule has 0 atom stereocenters. The van der Waals surface area contributed by atoms with Gasteiger partial charge < -0.3 is 22.4 Å². The van der Waals surface area contributed by atoms with Crippen LogP contribution in [0.3, 0.4) is 0 Å². The predicted molar refractivity (Wildman–Crippen MR) is 475 cm³/mol. The number of furan rings is 1. The summed E-state index contributed by atoms with van der Waals surface area (Å²) in [6.45, 7) is 0. The largest absolute Gasteiger partial charge is 0.452 e. The van der Waals surface area contributed by atoms with Crippen LogP contribution in [0.4, 0.5) is 0 Å². The van der Waals surface area contributed by atoms with Crippen LogP contribution in [0.15, 0.2) is 368 Å². The van der Waals surface area contributed by atoms with E-state index in [4.69, 9.17) is 24.4 Å². The molecule has 0 aliphatic carbocycles. The fourth-order valence-electron chi connectivity index (χ4n) is 18.7. The molecule has 0 aliphatic rings. The third kappa shape index (κ3) is 9.10. The van der Waals surface area contributed by atoms with Crippen molar-refractivity contribution in [3.05, 3.63) is 364 Å². The third-order valence-corrected chi connectivity index (χ3v) is 24.9. The summed E-state index contributed by atoms with van der Waals surface area (Å²) in [7, 11) is 0. The average Bonchev–Trinajstić information content (AvgIpc) is 1.52. The monoisotopic (exact) mass is 1470 g/mol. The Bertz CT molecular complexity index is 7950. The second kappa shape index (κ2) is 24.2. The molecule has 9 nitrogen and oxygen atoms in total. The maximum atomic E-state index is 6.38. The molecule has 0 radical (unpaired) electrons. The molecule has 0 amide bonds. The van der Waals surface area contributed by atoms with E-state index < -0.39 is 0 Å². The van der Waals surface area contributed by atoms with Gasteiger partial charge in [-0.25, -0.2) is 19.9 Å². The lowest BCUT2D eigenvalue weighted by molar-refractivity contribution is 0.667. The molecular weight excluding hydrogens is 1410 g/mol. The molecule has 0 saturated heterocycles. The maximum absolute atomic E-state index is 6.38. The number of aromatic nitrogens is 8. The number of rotatable bonds is 8. The van der Waals surface area contributed by atoms with E-state index in [9.17, 15) is 0 Å². The van der Waals surface area contributed by atoms with Crippen LogP contribution in [0.5, 0.6) is 0 Å². The minimum Gasteiger partial charge on any atom is -0.452 e. The smallest absolute Gasteiger partial charge is 0.180 e. The summed E-state index contributed by atoms with van der Waals surface area (Å²) < 4.78 is 18.6. The van der Waals surface area contributed by atoms with Gasteiger partial charge in [0.2, 0.25) is 0 Å². The number of para-hydroxylation sites is 5. The lowest BCUT2D eigenvalue weighted by Gasteiger charge is -2.11. The van der Waals surface area contributed by atoms with E-state index in [1.165, 1.54) is 152 Å². The van der Waals surface area contributed by atoms with Crippen LogP contribution >= 0.6 is 11.3 Å². The van der Waals surface area contributed by atoms with Gasteiger partial charge in [0.25, 0.3) is 0 Å². The number of fused-ring (bicyclic) bond motifs is 26. The van der Waals surface area contributed by atoms with Crippen molar-refractivity contribution in [2.24, 2.45) is 0 Å². The first kappa shape index (κ1) is 62.8. The van der Waals surface area contributed by atoms with Crippen LogP contribution in [0, 0.1) is 0 Å². The number of benzene rings is 16. The first-order chi connectivity index (χ1) is 56.6. The summed E-state index contributed by atoms with van der Waals surface area (Å²) in [6, 6.07) is 130. The maximum Gasteiger partial charge on any atom is 0.180 e. The van der Waals surface area contributed by atoms with Crippen molar-refractivity contribution in [1.82, 2.24) is 37.9 Å². The fourth-order valence-corrected chi connectivity index (χ4v) is 19.9. The second-order valence-electron chi connectivity index (χ2n) is 29.9. The summed E-state index contributed by atoms with van der Waals surface area (Å²) in [5.41, 5.74) is 28.4. The minimum absolute atomic E-state index is 0.662. The van der Waals surface area contributed by atoms with Gasteiger partial charge in [-0.05, 0) is 150 Å². The highest BCUT2D eigenvalue weighted by Gasteiger charge is 2.29. The number of hydrogen-bond donors (Lipinski definition) is 0. The van der Waals surface area contributed by atoms with Crippen LogP contribution in [-0.2, 0) is 0 Å². The van der Waals surface area contributed by atoms with E-state index in [0.29, 0.717) is 11.4 Å². The molecule has 10 heteroatoms. The number of hydrogen-bond acceptors (Lipinski definition) is 6. The van der Waals surface area contributed by atoms with Crippen molar-refractivity contribution >= 4 is 174 Å². The topological polar surface area (TPSA) is 83.4 Å². The Kier molecular flexibility index (Phi) is 13.3. The van der Waals surface area contributed by atoms with Gasteiger partial charge in [0.05, 0.1) is 71.1 Å². The van der Waals surface area contributed by atoms with E-state index in [-0.39, 0.29) is 0 Å². The summed E-state index contributed by atoms with van der Waals surface area (Å²) in [5, 5.41) is 17.3. The zero-order valence-corrected chi connectivity index (χ0v) is 61.9. The lowest BCUT2D eigenvalue weighted by atomic mass is 10.00. The molecule has 0 spiro atoms. The molecule has 0 unspecified atom stereocenters. The van der Waals surface area contributed by atoms with E-state index in [1.54, 1.807) is 11.3 Å². The van der Waals surface area contributed by atoms with E-state index >= 15 is 0 Å². The van der Waals surface area contributed by atoms with Gasteiger partial charge in [0, 0.05) is 114 Å². The first-order valence-electron chi connectivity index (χ1n) is 38.7. The summed E-state index contributed by atoms with van der Waals surface area (Å²) >= 11 is 1.76. The molecule has 10 aromatic heterocycles. The normalized spacial score (nSPS) is 12.2. The van der Waals surface area contributed by atoms with Gasteiger partial charge in [0.1, 0.15) is 16.8 Å². The highest BCUT2D eigenvalue weighted by molar-refractivity contribution is 7.26. The quantitative estimate of drug-likeness (QED) is 0.151. The van der Waals surface area contributed by atoms with Crippen molar-refractivity contribution in [1.29, 1.82) is 0 Å². The van der Waals surface area contributed by atoms with Crippen molar-refractivity contribution in [3.8, 4) is 78.9 Å². The molecule has 16 aromatic carbocycles. The molecule has 0 N–H and O–H groups in total. The van der Waals surface area contributed by atoms with Crippen molar-refractivity contribution in [2.45, 2.75) is 0 Å². The van der Waals surface area contributed by atoms with Gasteiger partial charge in [0.15, 0.2) is 17.2 Å². The average molecular weight is 1470 g/mol. The van der Waals surface area contributed by atoms with Crippen LogP contribution < -0.4 is 0 Å². The summed E-state index contributed by atoms with van der Waals surface area (Å²) in [5.74, 6) is 1.39. The van der Waals surface area contributed by atoms with Crippen LogP contribution in [0.1, 0.15) is 0 Å². The Hall–Kier alpha value is -15.1. The number of thiophene rings is 1. The molecule has 528 valence electrons. The Labute approximate surface area is 654 Å². The SMILES string of the molecule is c1ccc(-c2ccc3c(c2)c2cc4c5ccccc5n(-c5ccc(-c6nc(-c7ccccc7)c7oc8ccccc8c7n6)cc5)c4c4c5ccccc5n3c24)cc1.c1ccc(-c2ccc3c(c2)c2cc4c5ccccc5n(-c5ccc(-c6nc(-c7ccccc7)c7sc8ccccc8c7n6)cc5)c4c4c5ccccc5n3c24)cc1. The molecule has 0 bridgehead atoms. The van der Waals surface area contributed by atoms with Gasteiger partial charge in [-0.1, -0.05) is 237 Å². The highest BCUT2D eigenvalue weighted by Crippen LogP contribution is 2.51. The van der Waals surface area contributed by atoms with Crippen LogP contribution in [0.25, 0.3) is 241 Å². The fraction of sp³-hybridized carbons (Fsp3) is 0. The Balaban J connectivity index is 0.000000129. The molecule has 0 saturated carbocycles. The van der Waals surface area contributed by atoms with E-state index in [1.807, 2.05) is 36.4 Å². The van der Waals surface area contributed by atoms with Crippen LogP contribution in [0.2, 0.25) is 0 Å². The van der Waals surface area contributed by atoms with Gasteiger partial charge in [-0.15, -0.1) is 11.3 Å². The summed E-state index contributed by atoms with van der Waals surface area (Å²) in [4.78, 5) is 20.8. The molecule has 0 fully saturated rings. The standard InChI is InChI=1S/C52H30N4O.C52H30N4S/c2*1-3-13-31(14-4-1)34-25-28-44-39(29-34)41-30-40-36-17-7-10-20-42(36)55(49(40)46-37-18-8-11-21-43(37)56(44)50(41)46)35-26-23-33(24-27-35)52-53-47(32-15-5-2-6-16-32)51-48(54-52)38-19-9-12-22-45(38)57-51/h2*1-30H. The molecular formula is C104H60N8OS. The molecule has 114 heavy (non-hydrogen) atoms. The summed E-state index contributed by atoms with van der Waals surface area (Å²) in [6.07, 6.45) is 0. The predicted octanol–water partition coefficient (Wildman–Crippen LogP) is 27.7. The lowest BCUT2D eigenvalue weighted by Crippen LogP contribution is -1.96. The third-order valence-electron chi connectivity index (χ3n) is 23.7. The van der Waals surface area contributed by atoms with Gasteiger partial charge in [-0.2, -0.15) is 0 Å². The Morgan fingerprint density at radius 2 is 0.614 bits per heavy atom. The van der Waals surface area contributed by atoms with Gasteiger partial charge in [-0.3, -0.25) is 0 Å². The first-order valence-corrected chi connectivity index (χ1v) is 39.5. The minimum atomic E-state index is 0.662. The van der Waals surface area contributed by atoms with Gasteiger partial charge >= 0.3 is 0 Å². The Morgan fingerprint density at radius 3 is 1.12 bits per heavy atom. The van der Waals surface area contributed by atoms with E-state index in [0.717, 1.165) is 77.5 Å². The Morgan fingerprint density at radius 1 is 0.237 bits per heavy atom. The van der Waals surface area contributed by atoms with Crippen molar-refractivity contribution in [2.75, 3.05) is 0 Å². The van der Waals surface area contributed by atoms with Crippen LogP contribution in [-0.4, -0.2) is 37.9 Å². The molecule has 0 aliphatic heterocycles. The molecule has 10 heterocycles. The van der Waals surface area contributed by atoms with Crippen molar-refractivity contribution in [3.63, 3.8) is 0 Å². The van der Waals surface area contributed by atoms with E-state index in [2.05, 4.69) is 346 Å². The highest BCUT2D eigenvalue weighted by atomic mass is 32.1. The molecule has 26 aromatic rings. The van der Waals surface area contributed by atoms with Crippen molar-refractivity contribution < 1.29 is 4.42 Å². The number of nitrogens with zero attached hydrogens (tertiary/aromatic N) is 8. The molecule has 26 rings (SSSR count).